The molecule has 0 amide bonds. The molecule has 0 fully saturated rings. The number of halogens is 1. The highest BCUT2D eigenvalue weighted by Gasteiger charge is 2.13. The molecule has 0 bridgehead atoms. The zero-order chi connectivity index (χ0) is 14.5. The van der Waals surface area contributed by atoms with Crippen LogP contribution in [-0.2, 0) is 6.54 Å². The summed E-state index contributed by atoms with van der Waals surface area (Å²) < 4.78 is 6.30. The molecule has 0 atom stereocenters. The summed E-state index contributed by atoms with van der Waals surface area (Å²) in [6.45, 7) is 1.08. The summed E-state index contributed by atoms with van der Waals surface area (Å²) in [6, 6.07) is 11.6. The molecule has 0 aliphatic heterocycles. The topological polar surface area (TPSA) is 29.5 Å². The van der Waals surface area contributed by atoms with E-state index in [-0.39, 0.29) is 5.78 Å². The van der Waals surface area contributed by atoms with E-state index in [4.69, 9.17) is 4.74 Å². The maximum Gasteiger partial charge on any atom is 0.186 e. The fourth-order valence-corrected chi connectivity index (χ4v) is 3.28. The summed E-state index contributed by atoms with van der Waals surface area (Å²) in [4.78, 5) is 14.9. The Balaban J connectivity index is 1.98. The lowest BCUT2D eigenvalue weighted by atomic mass is 10.2. The Morgan fingerprint density at radius 2 is 2.05 bits per heavy atom. The minimum atomic E-state index is 0.137. The van der Waals surface area contributed by atoms with Crippen LogP contribution in [0.3, 0.4) is 0 Å². The Kier molecular flexibility index (Phi) is 5.34. The van der Waals surface area contributed by atoms with Gasteiger partial charge < -0.3 is 4.74 Å². The molecule has 20 heavy (non-hydrogen) atoms. The van der Waals surface area contributed by atoms with Crippen LogP contribution in [0.4, 0.5) is 0 Å². The van der Waals surface area contributed by atoms with E-state index < -0.39 is 0 Å². The molecule has 1 aromatic carbocycles. The van der Waals surface area contributed by atoms with Crippen LogP contribution in [0.1, 0.15) is 15.2 Å². The zero-order valence-electron chi connectivity index (χ0n) is 11.4. The van der Waals surface area contributed by atoms with E-state index in [1.54, 1.807) is 7.11 Å². The molecule has 1 heterocycles. The highest BCUT2D eigenvalue weighted by molar-refractivity contribution is 9.11. The molecule has 0 aliphatic carbocycles. The molecule has 0 unspecified atom stereocenters. The Bertz CT molecular complexity index is 597. The van der Waals surface area contributed by atoms with Crippen LogP contribution in [0.5, 0.6) is 5.75 Å². The van der Waals surface area contributed by atoms with Gasteiger partial charge in [0.1, 0.15) is 5.75 Å². The van der Waals surface area contributed by atoms with Gasteiger partial charge >= 0.3 is 0 Å². The van der Waals surface area contributed by atoms with Gasteiger partial charge in [0.15, 0.2) is 5.78 Å². The monoisotopic (exact) mass is 353 g/mol. The third-order valence-corrected chi connectivity index (χ3v) is 4.56. The molecule has 2 rings (SSSR count). The summed E-state index contributed by atoms with van der Waals surface area (Å²) in [7, 11) is 3.60. The first-order valence-electron chi connectivity index (χ1n) is 6.19. The fraction of sp³-hybridized carbons (Fsp3) is 0.267. The van der Waals surface area contributed by atoms with Gasteiger partial charge in [-0.2, -0.15) is 0 Å². The van der Waals surface area contributed by atoms with E-state index in [0.29, 0.717) is 13.1 Å². The van der Waals surface area contributed by atoms with Crippen LogP contribution in [0, 0.1) is 0 Å². The van der Waals surface area contributed by atoms with Crippen LogP contribution in [0.25, 0.3) is 0 Å². The molecule has 106 valence electrons. The maximum absolute atomic E-state index is 12.1. The van der Waals surface area contributed by atoms with E-state index >= 15 is 0 Å². The highest BCUT2D eigenvalue weighted by Crippen LogP contribution is 2.23. The number of rotatable bonds is 6. The number of benzene rings is 1. The van der Waals surface area contributed by atoms with Crippen molar-refractivity contribution in [2.45, 2.75) is 6.54 Å². The number of para-hydroxylation sites is 1. The number of ether oxygens (including phenoxy) is 1. The van der Waals surface area contributed by atoms with Gasteiger partial charge in [0.2, 0.25) is 0 Å². The van der Waals surface area contributed by atoms with Crippen molar-refractivity contribution < 1.29 is 9.53 Å². The summed E-state index contributed by atoms with van der Waals surface area (Å²) in [6.07, 6.45) is 0. The van der Waals surface area contributed by atoms with Gasteiger partial charge in [-0.25, -0.2) is 0 Å². The lowest BCUT2D eigenvalue weighted by Gasteiger charge is -2.17. The molecule has 0 aliphatic rings. The van der Waals surface area contributed by atoms with Gasteiger partial charge in [0.25, 0.3) is 0 Å². The van der Waals surface area contributed by atoms with Gasteiger partial charge in [-0.3, -0.25) is 9.69 Å². The van der Waals surface area contributed by atoms with Gasteiger partial charge in [-0.15, -0.1) is 11.3 Å². The minimum Gasteiger partial charge on any atom is -0.496 e. The van der Waals surface area contributed by atoms with Crippen LogP contribution < -0.4 is 4.74 Å². The largest absolute Gasteiger partial charge is 0.496 e. The molecule has 0 spiro atoms. The van der Waals surface area contributed by atoms with E-state index in [1.165, 1.54) is 11.3 Å². The van der Waals surface area contributed by atoms with Crippen LogP contribution in [0.15, 0.2) is 40.2 Å². The Morgan fingerprint density at radius 3 is 2.70 bits per heavy atom. The summed E-state index contributed by atoms with van der Waals surface area (Å²) in [5.41, 5.74) is 1.08. The number of hydrogen-bond donors (Lipinski definition) is 0. The number of carbonyl (C=O) groups excluding carboxylic acids is 1. The summed E-state index contributed by atoms with van der Waals surface area (Å²) in [5.74, 6) is 0.990. The summed E-state index contributed by atoms with van der Waals surface area (Å²) >= 11 is 4.84. The first-order chi connectivity index (χ1) is 9.60. The normalized spacial score (nSPS) is 10.8. The van der Waals surface area contributed by atoms with Crippen molar-refractivity contribution in [2.24, 2.45) is 0 Å². The molecule has 0 N–H and O–H groups in total. The molecule has 0 saturated carbocycles. The molecule has 1 aromatic heterocycles. The number of thiophene rings is 1. The van der Waals surface area contributed by atoms with Gasteiger partial charge in [-0.05, 0) is 41.2 Å². The van der Waals surface area contributed by atoms with Crippen molar-refractivity contribution in [3.63, 3.8) is 0 Å². The van der Waals surface area contributed by atoms with Crippen LogP contribution >= 0.6 is 27.3 Å². The second-order valence-electron chi connectivity index (χ2n) is 4.51. The van der Waals surface area contributed by atoms with Gasteiger partial charge in [0.05, 0.1) is 22.3 Å². The zero-order valence-corrected chi connectivity index (χ0v) is 13.8. The van der Waals surface area contributed by atoms with Gasteiger partial charge in [0, 0.05) is 12.1 Å². The lowest BCUT2D eigenvalue weighted by molar-refractivity contribution is 0.0946. The number of ketones is 1. The fourth-order valence-electron chi connectivity index (χ4n) is 1.97. The molecule has 0 saturated heterocycles. The quantitative estimate of drug-likeness (QED) is 0.739. The Labute approximate surface area is 131 Å². The smallest absolute Gasteiger partial charge is 0.186 e. The van der Waals surface area contributed by atoms with E-state index in [0.717, 1.165) is 20.0 Å². The Morgan fingerprint density at radius 1 is 1.30 bits per heavy atom. The number of nitrogens with zero attached hydrogens (tertiary/aromatic N) is 1. The number of methoxy groups -OCH3 is 1. The number of likely N-dealkylation sites (N-methyl/N-ethyl adjacent to an activating group) is 1. The highest BCUT2D eigenvalue weighted by atomic mass is 79.9. The number of Topliss-reactive ketones (excluding diaryl/α,β-unsaturated/α-hetero) is 1. The molecular weight excluding hydrogens is 338 g/mol. The Hall–Kier alpha value is -1.17. The predicted molar refractivity (Wildman–Crippen MR) is 85.7 cm³/mol. The molecule has 3 nitrogen and oxygen atoms in total. The van der Waals surface area contributed by atoms with Gasteiger partial charge in [-0.1, -0.05) is 18.2 Å². The van der Waals surface area contributed by atoms with E-state index in [1.807, 2.05) is 48.3 Å². The first-order valence-corrected chi connectivity index (χ1v) is 7.80. The van der Waals surface area contributed by atoms with Crippen LogP contribution in [-0.4, -0.2) is 31.4 Å². The second kappa shape index (κ2) is 7.02. The summed E-state index contributed by atoms with van der Waals surface area (Å²) in [5, 5.41) is 0. The standard InChI is InChI=1S/C15H16BrNO2S/c1-17(9-11-5-3-4-6-13(11)19-2)10-12(18)14-7-8-15(16)20-14/h3-8H,9-10H2,1-2H3. The molecule has 2 aromatic rings. The van der Waals surface area contributed by atoms with E-state index in [9.17, 15) is 4.79 Å². The van der Waals surface area contributed by atoms with Crippen molar-refractivity contribution in [2.75, 3.05) is 20.7 Å². The molecular formula is C15H16BrNO2S. The van der Waals surface area contributed by atoms with Crippen molar-refractivity contribution >= 4 is 33.0 Å². The van der Waals surface area contributed by atoms with Crippen LogP contribution in [0.2, 0.25) is 0 Å². The van der Waals surface area contributed by atoms with E-state index in [2.05, 4.69) is 15.9 Å². The average molecular weight is 354 g/mol. The lowest BCUT2D eigenvalue weighted by Crippen LogP contribution is -2.25. The third-order valence-electron chi connectivity index (χ3n) is 2.89. The predicted octanol–water partition coefficient (Wildman–Crippen LogP) is 3.83. The maximum atomic E-state index is 12.1. The first kappa shape index (κ1) is 15.2. The third kappa shape index (κ3) is 3.91. The second-order valence-corrected chi connectivity index (χ2v) is 6.97. The number of hydrogen-bond acceptors (Lipinski definition) is 4. The molecule has 5 heteroatoms. The molecule has 0 radical (unpaired) electrons. The van der Waals surface area contributed by atoms with Crippen molar-refractivity contribution in [3.8, 4) is 5.75 Å². The van der Waals surface area contributed by atoms with Crippen molar-refractivity contribution in [1.29, 1.82) is 0 Å². The average Bonchev–Trinajstić information content (AvgIpc) is 2.86. The van der Waals surface area contributed by atoms with Crippen molar-refractivity contribution in [1.82, 2.24) is 4.90 Å². The SMILES string of the molecule is COc1ccccc1CN(C)CC(=O)c1ccc(Br)s1. The number of carbonyl (C=O) groups is 1. The minimum absolute atomic E-state index is 0.137. The van der Waals surface area contributed by atoms with Crippen molar-refractivity contribution in [3.05, 3.63) is 50.6 Å².